The molecule has 266 valence electrons. The summed E-state index contributed by atoms with van der Waals surface area (Å²) in [6, 6.07) is 26.7. The van der Waals surface area contributed by atoms with Gasteiger partial charge in [0.1, 0.15) is 15.8 Å². The molecule has 51 heavy (non-hydrogen) atoms. The van der Waals surface area contributed by atoms with Gasteiger partial charge in [0.2, 0.25) is 5.91 Å². The molecule has 2 saturated heterocycles. The number of para-hydroxylation sites is 2. The number of piperidine rings is 1. The van der Waals surface area contributed by atoms with Gasteiger partial charge in [-0.2, -0.15) is 0 Å². The minimum Gasteiger partial charge on any atom is -0.345 e. The number of aromatic nitrogens is 4. The first-order valence-corrected chi connectivity index (χ1v) is 19.1. The second-order valence-corrected chi connectivity index (χ2v) is 15.2. The van der Waals surface area contributed by atoms with Crippen LogP contribution in [0.3, 0.4) is 0 Å². The van der Waals surface area contributed by atoms with Crippen LogP contribution in [0.2, 0.25) is 0 Å². The Morgan fingerprint density at radius 1 is 1.00 bits per heavy atom. The molecular weight excluding hydrogens is 657 g/mol. The third kappa shape index (κ3) is 8.38. The molecule has 0 bridgehead atoms. The third-order valence-corrected chi connectivity index (χ3v) is 11.9. The number of fused-ring (bicyclic) bond motifs is 1. The quantitative estimate of drug-likeness (QED) is 0.147. The lowest BCUT2D eigenvalue weighted by Crippen LogP contribution is -2.54. The van der Waals surface area contributed by atoms with Gasteiger partial charge in [-0.05, 0) is 74.0 Å². The number of imidazole rings is 1. The molecule has 4 heterocycles. The standard InChI is InChI=1S/C40H48N8O2S/c1-27(40-46-45-37(51-40)25-42-39(50)32-13-7-6-12-31(32)29-18-21-41-24-29)30-20-23-48(26-35(30)47(2)22-19-28-10-4-3-5-11-28)38(49)17-16-36-43-33-14-8-9-15-34(33)44-36/h3-15,27,29-30,35,41H,16-26H2,1-2H3,(H,42,50)(H,43,44). The highest BCUT2D eigenvalue weighted by molar-refractivity contribution is 7.11. The van der Waals surface area contributed by atoms with Crippen molar-refractivity contribution in [2.24, 2.45) is 5.92 Å². The second kappa shape index (κ2) is 16.3. The van der Waals surface area contributed by atoms with Gasteiger partial charge < -0.3 is 25.4 Å². The summed E-state index contributed by atoms with van der Waals surface area (Å²) in [4.78, 5) is 39.5. The number of nitrogens with one attached hydrogen (secondary N) is 3. The normalized spacial score (nSPS) is 19.8. The number of likely N-dealkylation sites (N-methyl/N-ethyl adjacent to an activating group) is 1. The zero-order valence-corrected chi connectivity index (χ0v) is 30.4. The molecule has 0 aliphatic carbocycles. The van der Waals surface area contributed by atoms with Crippen LogP contribution in [-0.2, 0) is 24.2 Å². The van der Waals surface area contributed by atoms with E-state index in [0.717, 1.165) is 76.9 Å². The molecule has 2 amide bonds. The number of likely N-dealkylation sites (tertiary alicyclic amines) is 1. The van der Waals surface area contributed by atoms with E-state index in [2.05, 4.69) is 91.0 Å². The largest absolute Gasteiger partial charge is 0.345 e. The first-order chi connectivity index (χ1) is 24.9. The molecule has 5 aromatic rings. The summed E-state index contributed by atoms with van der Waals surface area (Å²) >= 11 is 1.58. The number of carbonyl (C=O) groups is 2. The molecule has 2 fully saturated rings. The maximum atomic E-state index is 13.6. The van der Waals surface area contributed by atoms with Gasteiger partial charge in [0.05, 0.1) is 17.6 Å². The van der Waals surface area contributed by atoms with Gasteiger partial charge in [-0.15, -0.1) is 10.2 Å². The smallest absolute Gasteiger partial charge is 0.251 e. The van der Waals surface area contributed by atoms with Crippen LogP contribution in [0.5, 0.6) is 0 Å². The number of aromatic amines is 1. The van der Waals surface area contributed by atoms with Gasteiger partial charge in [0, 0.05) is 56.5 Å². The van der Waals surface area contributed by atoms with Crippen molar-refractivity contribution < 1.29 is 9.59 Å². The molecule has 10 nitrogen and oxygen atoms in total. The molecule has 0 radical (unpaired) electrons. The average Bonchev–Trinajstić information content (AvgIpc) is 3.97. The molecule has 3 aromatic carbocycles. The average molecular weight is 705 g/mol. The summed E-state index contributed by atoms with van der Waals surface area (Å²) in [6.07, 6.45) is 3.88. The Kier molecular flexibility index (Phi) is 11.2. The van der Waals surface area contributed by atoms with Crippen LogP contribution >= 0.6 is 11.3 Å². The maximum Gasteiger partial charge on any atom is 0.251 e. The summed E-state index contributed by atoms with van der Waals surface area (Å²) in [7, 11) is 2.19. The highest BCUT2D eigenvalue weighted by Gasteiger charge is 2.38. The minimum atomic E-state index is -0.0697. The van der Waals surface area contributed by atoms with Crippen LogP contribution < -0.4 is 10.6 Å². The summed E-state index contributed by atoms with van der Waals surface area (Å²) in [5.74, 6) is 1.76. The van der Waals surface area contributed by atoms with Gasteiger partial charge >= 0.3 is 0 Å². The maximum absolute atomic E-state index is 13.6. The highest BCUT2D eigenvalue weighted by Crippen LogP contribution is 2.36. The van der Waals surface area contributed by atoms with E-state index in [9.17, 15) is 9.59 Å². The number of carbonyl (C=O) groups excluding carboxylic acids is 2. The number of aryl methyl sites for hydroxylation is 1. The fourth-order valence-corrected chi connectivity index (χ4v) is 8.70. The first-order valence-electron chi connectivity index (χ1n) is 18.3. The number of rotatable bonds is 13. The zero-order valence-electron chi connectivity index (χ0n) is 29.6. The Morgan fingerprint density at radius 2 is 1.80 bits per heavy atom. The number of amides is 2. The molecule has 4 atom stereocenters. The molecule has 3 N–H and O–H groups in total. The predicted molar refractivity (Wildman–Crippen MR) is 202 cm³/mol. The molecule has 7 rings (SSSR count). The number of H-pyrrole nitrogens is 1. The second-order valence-electron chi connectivity index (χ2n) is 14.1. The van der Waals surface area contributed by atoms with Gasteiger partial charge in [0.15, 0.2) is 0 Å². The van der Waals surface area contributed by atoms with Crippen molar-refractivity contribution in [2.45, 2.75) is 63.5 Å². The molecule has 11 heteroatoms. The molecule has 4 unspecified atom stereocenters. The summed E-state index contributed by atoms with van der Waals surface area (Å²) in [6.45, 7) is 6.76. The topological polar surface area (TPSA) is 119 Å². The highest BCUT2D eigenvalue weighted by atomic mass is 32.1. The summed E-state index contributed by atoms with van der Waals surface area (Å²) in [5.41, 5.74) is 5.08. The monoisotopic (exact) mass is 704 g/mol. The molecule has 0 spiro atoms. The first kappa shape index (κ1) is 35.0. The Balaban J connectivity index is 1.00. The van der Waals surface area contributed by atoms with E-state index in [-0.39, 0.29) is 23.8 Å². The van der Waals surface area contributed by atoms with Gasteiger partial charge in [0.25, 0.3) is 5.91 Å². The number of hydrogen-bond donors (Lipinski definition) is 3. The van der Waals surface area contributed by atoms with Crippen molar-refractivity contribution in [3.05, 3.63) is 111 Å². The lowest BCUT2D eigenvalue weighted by Gasteiger charge is -2.45. The molecular formula is C40H48N8O2S. The van der Waals surface area contributed by atoms with E-state index < -0.39 is 0 Å². The van der Waals surface area contributed by atoms with Crippen LogP contribution in [0.25, 0.3) is 11.0 Å². The van der Waals surface area contributed by atoms with Gasteiger partial charge in [-0.1, -0.05) is 78.9 Å². The number of benzene rings is 3. The van der Waals surface area contributed by atoms with Crippen molar-refractivity contribution in [1.29, 1.82) is 0 Å². The number of hydrogen-bond acceptors (Lipinski definition) is 8. The third-order valence-electron chi connectivity index (χ3n) is 10.8. The van der Waals surface area contributed by atoms with Crippen molar-refractivity contribution >= 4 is 34.2 Å². The lowest BCUT2D eigenvalue weighted by atomic mass is 9.81. The van der Waals surface area contributed by atoms with Gasteiger partial charge in [-0.3, -0.25) is 9.59 Å². The van der Waals surface area contributed by atoms with Crippen LogP contribution in [0.15, 0.2) is 78.9 Å². The molecule has 2 aliphatic heterocycles. The minimum absolute atomic E-state index is 0.0697. The Bertz CT molecular complexity index is 1890. The van der Waals surface area contributed by atoms with Crippen molar-refractivity contribution in [3.63, 3.8) is 0 Å². The Hall–Kier alpha value is -4.45. The summed E-state index contributed by atoms with van der Waals surface area (Å²) < 4.78 is 0. The lowest BCUT2D eigenvalue weighted by molar-refractivity contribution is -0.134. The van der Waals surface area contributed by atoms with Gasteiger partial charge in [-0.25, -0.2) is 4.98 Å². The zero-order chi connectivity index (χ0) is 35.2. The Labute approximate surface area is 304 Å². The van der Waals surface area contributed by atoms with E-state index in [4.69, 9.17) is 0 Å². The SMILES string of the molecule is CC(c1nnc(CNC(=O)c2ccccc2C2CCNC2)s1)C1CCN(C(=O)CCc2nc3ccccc3[nH]2)CC1N(C)CCc1ccccc1. The van der Waals surface area contributed by atoms with Crippen molar-refractivity contribution in [1.82, 2.24) is 40.6 Å². The predicted octanol–water partition coefficient (Wildman–Crippen LogP) is 5.55. The van der Waals surface area contributed by atoms with Crippen LogP contribution in [0.1, 0.15) is 75.3 Å². The van der Waals surface area contributed by atoms with Crippen LogP contribution in [-0.4, -0.2) is 87.6 Å². The number of nitrogens with zero attached hydrogens (tertiary/aromatic N) is 5. The van der Waals surface area contributed by atoms with Crippen molar-refractivity contribution in [2.75, 3.05) is 39.8 Å². The van der Waals surface area contributed by atoms with Crippen LogP contribution in [0, 0.1) is 5.92 Å². The van der Waals surface area contributed by atoms with E-state index in [0.29, 0.717) is 44.3 Å². The molecule has 2 aromatic heterocycles. The Morgan fingerprint density at radius 3 is 2.63 bits per heavy atom. The van der Waals surface area contributed by atoms with E-state index in [1.165, 1.54) is 5.56 Å². The molecule has 2 aliphatic rings. The summed E-state index contributed by atoms with van der Waals surface area (Å²) in [5, 5.41) is 17.5. The fourth-order valence-electron chi connectivity index (χ4n) is 7.79. The molecule has 0 saturated carbocycles. The van der Waals surface area contributed by atoms with E-state index in [1.807, 2.05) is 42.5 Å². The van der Waals surface area contributed by atoms with E-state index in [1.54, 1.807) is 11.3 Å². The van der Waals surface area contributed by atoms with E-state index >= 15 is 0 Å². The van der Waals surface area contributed by atoms with Crippen molar-refractivity contribution in [3.8, 4) is 0 Å². The van der Waals surface area contributed by atoms with Crippen LogP contribution in [0.4, 0.5) is 0 Å². The fraction of sp³-hybridized carbons (Fsp3) is 0.425.